The second kappa shape index (κ2) is 5.81. The number of hydrogen-bond acceptors (Lipinski definition) is 4. The molecular weight excluding hydrogens is 328 g/mol. The van der Waals surface area contributed by atoms with Crippen molar-refractivity contribution in [1.82, 2.24) is 0 Å². The highest BCUT2D eigenvalue weighted by Gasteiger charge is 2.38. The number of rotatable bonds is 5. The average Bonchev–Trinajstić information content (AvgIpc) is 3.35. The summed E-state index contributed by atoms with van der Waals surface area (Å²) in [5, 5.41) is -0.296. The number of fused-ring (bicyclic) bond motifs is 1. The van der Waals surface area contributed by atoms with Gasteiger partial charge in [-0.05, 0) is 38.8 Å². The molecule has 0 unspecified atom stereocenters. The van der Waals surface area contributed by atoms with Gasteiger partial charge in [0.05, 0.1) is 22.0 Å². The van der Waals surface area contributed by atoms with Crippen molar-refractivity contribution in [2.45, 2.75) is 31.9 Å². The molecule has 0 aromatic heterocycles. The second-order valence-corrected chi connectivity index (χ2v) is 8.87. The van der Waals surface area contributed by atoms with Gasteiger partial charge in [-0.1, -0.05) is 6.08 Å². The van der Waals surface area contributed by atoms with E-state index in [1.807, 2.05) is 13.8 Å². The first-order valence-electron chi connectivity index (χ1n) is 7.96. The Kier molecular flexibility index (Phi) is 4.07. The van der Waals surface area contributed by atoms with Crippen LogP contribution in [0.4, 0.5) is 11.4 Å². The Bertz CT molecular complexity index is 782. The Morgan fingerprint density at radius 1 is 1.42 bits per heavy atom. The molecule has 2 aliphatic rings. The molecule has 1 aliphatic heterocycles. The van der Waals surface area contributed by atoms with E-state index in [-0.39, 0.29) is 17.8 Å². The largest absolute Gasteiger partial charge is 0.490 e. The molecule has 1 fully saturated rings. The van der Waals surface area contributed by atoms with E-state index in [9.17, 15) is 13.2 Å². The second-order valence-electron chi connectivity index (χ2n) is 6.91. The maximum atomic E-state index is 12.7. The minimum Gasteiger partial charge on any atom is -0.490 e. The van der Waals surface area contributed by atoms with Gasteiger partial charge in [0.1, 0.15) is 12.4 Å². The summed E-state index contributed by atoms with van der Waals surface area (Å²) in [6, 6.07) is 5.01. The van der Waals surface area contributed by atoms with Crippen molar-refractivity contribution in [1.29, 1.82) is 0 Å². The first-order valence-corrected chi connectivity index (χ1v) is 9.50. The molecule has 0 radical (unpaired) electrons. The van der Waals surface area contributed by atoms with E-state index < -0.39 is 15.4 Å². The van der Waals surface area contributed by atoms with Crippen LogP contribution in [0.3, 0.4) is 0 Å². The van der Waals surface area contributed by atoms with Crippen molar-refractivity contribution >= 4 is 27.3 Å². The van der Waals surface area contributed by atoms with Crippen molar-refractivity contribution in [3.8, 4) is 5.75 Å². The number of nitrogens with one attached hydrogen (secondary N) is 1. The highest BCUT2D eigenvalue weighted by atomic mass is 32.2. The Balaban J connectivity index is 1.95. The van der Waals surface area contributed by atoms with Crippen molar-refractivity contribution in [2.75, 3.05) is 22.8 Å². The molecule has 0 bridgehead atoms. The van der Waals surface area contributed by atoms with Crippen LogP contribution < -0.4 is 14.4 Å². The highest BCUT2D eigenvalue weighted by molar-refractivity contribution is 7.93. The van der Waals surface area contributed by atoms with Gasteiger partial charge in [-0.15, -0.1) is 6.58 Å². The fraction of sp³-hybridized carbons (Fsp3) is 0.471. The molecule has 1 aliphatic carbocycles. The fourth-order valence-electron chi connectivity index (χ4n) is 2.65. The molecule has 1 heterocycles. The zero-order valence-corrected chi connectivity index (χ0v) is 14.7. The van der Waals surface area contributed by atoms with E-state index >= 15 is 0 Å². The Hall–Kier alpha value is -2.02. The van der Waals surface area contributed by atoms with Crippen LogP contribution >= 0.6 is 0 Å². The minimum atomic E-state index is -3.34. The van der Waals surface area contributed by atoms with E-state index in [0.717, 1.165) is 0 Å². The standard InChI is InChI=1S/C17H22N2O4S/c1-4-9-19-14-8-5-12(18-24(21,22)13-6-7-13)10-15(14)23-11-17(2,3)16(19)20/h4-5,8,10,13,18H,1,6-7,9,11H2,2-3H3. The maximum Gasteiger partial charge on any atom is 0.236 e. The van der Waals surface area contributed by atoms with E-state index in [0.29, 0.717) is 36.5 Å². The molecule has 0 spiro atoms. The third kappa shape index (κ3) is 3.13. The normalized spacial score (nSPS) is 19.9. The SMILES string of the molecule is C=CCN1C(=O)C(C)(C)COc2cc(NS(=O)(=O)C3CC3)ccc21. The fourth-order valence-corrected chi connectivity index (χ4v) is 4.03. The van der Waals surface area contributed by atoms with Gasteiger partial charge in [0, 0.05) is 12.6 Å². The topological polar surface area (TPSA) is 75.7 Å². The molecule has 1 N–H and O–H groups in total. The summed E-state index contributed by atoms with van der Waals surface area (Å²) in [6.07, 6.45) is 3.06. The van der Waals surface area contributed by atoms with Crippen LogP contribution in [0.1, 0.15) is 26.7 Å². The summed E-state index contributed by atoms with van der Waals surface area (Å²) < 4.78 is 32.6. The maximum absolute atomic E-state index is 12.7. The van der Waals surface area contributed by atoms with Crippen molar-refractivity contribution in [2.24, 2.45) is 5.41 Å². The highest BCUT2D eigenvalue weighted by Crippen LogP contribution is 2.39. The summed E-state index contributed by atoms with van der Waals surface area (Å²) in [6.45, 7) is 7.96. The number of carbonyl (C=O) groups excluding carboxylic acids is 1. The summed E-state index contributed by atoms with van der Waals surface area (Å²) in [4.78, 5) is 14.3. The monoisotopic (exact) mass is 350 g/mol. The number of hydrogen-bond donors (Lipinski definition) is 1. The van der Waals surface area contributed by atoms with Gasteiger partial charge in [0.2, 0.25) is 15.9 Å². The Morgan fingerprint density at radius 2 is 2.12 bits per heavy atom. The Labute approximate surface area is 142 Å². The zero-order valence-electron chi connectivity index (χ0n) is 13.9. The van der Waals surface area contributed by atoms with Crippen LogP contribution in [-0.4, -0.2) is 32.7 Å². The number of ether oxygens (including phenoxy) is 1. The van der Waals surface area contributed by atoms with Crippen LogP contribution in [-0.2, 0) is 14.8 Å². The Morgan fingerprint density at radius 3 is 2.75 bits per heavy atom. The summed E-state index contributed by atoms with van der Waals surface area (Å²) in [5.41, 5.74) is 0.404. The lowest BCUT2D eigenvalue weighted by Crippen LogP contribution is -2.42. The van der Waals surface area contributed by atoms with E-state index in [4.69, 9.17) is 4.74 Å². The molecule has 6 nitrogen and oxygen atoms in total. The lowest BCUT2D eigenvalue weighted by atomic mass is 9.93. The molecule has 0 atom stereocenters. The van der Waals surface area contributed by atoms with Crippen molar-refractivity contribution in [3.05, 3.63) is 30.9 Å². The molecular formula is C17H22N2O4S. The summed E-state index contributed by atoms with van der Waals surface area (Å²) in [7, 11) is -3.34. The van der Waals surface area contributed by atoms with Crippen LogP contribution in [0.25, 0.3) is 0 Å². The third-order valence-corrected chi connectivity index (χ3v) is 6.07. The van der Waals surface area contributed by atoms with Crippen molar-refractivity contribution in [3.63, 3.8) is 0 Å². The molecule has 1 saturated carbocycles. The number of sulfonamides is 1. The number of carbonyl (C=O) groups is 1. The molecule has 130 valence electrons. The van der Waals surface area contributed by atoms with Gasteiger partial charge >= 0.3 is 0 Å². The van der Waals surface area contributed by atoms with Crippen molar-refractivity contribution < 1.29 is 17.9 Å². The number of benzene rings is 1. The molecule has 7 heteroatoms. The van der Waals surface area contributed by atoms with Crippen LogP contribution in [0, 0.1) is 5.41 Å². The minimum absolute atomic E-state index is 0.0486. The lowest BCUT2D eigenvalue weighted by Gasteiger charge is -2.27. The zero-order chi connectivity index (χ0) is 17.5. The van der Waals surface area contributed by atoms with E-state index in [2.05, 4.69) is 11.3 Å². The van der Waals surface area contributed by atoms with Gasteiger partial charge in [-0.2, -0.15) is 0 Å². The summed E-state index contributed by atoms with van der Waals surface area (Å²) >= 11 is 0. The molecule has 24 heavy (non-hydrogen) atoms. The number of amides is 1. The van der Waals surface area contributed by atoms with E-state index in [1.165, 1.54) is 0 Å². The van der Waals surface area contributed by atoms with Gasteiger partial charge in [-0.3, -0.25) is 9.52 Å². The predicted octanol–water partition coefficient (Wildman–Crippen LogP) is 2.53. The first kappa shape index (κ1) is 16.8. The van der Waals surface area contributed by atoms with Crippen LogP contribution in [0.5, 0.6) is 5.75 Å². The van der Waals surface area contributed by atoms with Gasteiger partial charge < -0.3 is 9.64 Å². The quantitative estimate of drug-likeness (QED) is 0.828. The molecule has 0 saturated heterocycles. The van der Waals surface area contributed by atoms with Gasteiger partial charge in [0.25, 0.3) is 0 Å². The van der Waals surface area contributed by atoms with E-state index in [1.54, 1.807) is 29.2 Å². The van der Waals surface area contributed by atoms with Gasteiger partial charge in [0.15, 0.2) is 0 Å². The number of nitrogens with zero attached hydrogens (tertiary/aromatic N) is 1. The van der Waals surface area contributed by atoms with Crippen LogP contribution in [0.2, 0.25) is 0 Å². The predicted molar refractivity (Wildman–Crippen MR) is 93.8 cm³/mol. The molecule has 3 rings (SSSR count). The third-order valence-electron chi connectivity index (χ3n) is 4.20. The van der Waals surface area contributed by atoms with Gasteiger partial charge in [-0.25, -0.2) is 8.42 Å². The molecule has 1 aromatic rings. The van der Waals surface area contributed by atoms with Crippen LogP contribution in [0.15, 0.2) is 30.9 Å². The lowest BCUT2D eigenvalue weighted by molar-refractivity contribution is -0.127. The average molecular weight is 350 g/mol. The smallest absolute Gasteiger partial charge is 0.236 e. The molecule has 1 aromatic carbocycles. The summed E-state index contributed by atoms with van der Waals surface area (Å²) in [5.74, 6) is 0.444. The first-order chi connectivity index (χ1) is 11.2. The number of anilines is 2. The molecule has 1 amide bonds.